The summed E-state index contributed by atoms with van der Waals surface area (Å²) in [6, 6.07) is 3.21. The average Bonchev–Trinajstić information content (AvgIpc) is 3.54. The molecule has 168 valence electrons. The fourth-order valence-electron chi connectivity index (χ4n) is 5.22. The third kappa shape index (κ3) is 4.62. The summed E-state index contributed by atoms with van der Waals surface area (Å²) in [6.45, 7) is 2.89. The topological polar surface area (TPSA) is 42.0 Å². The number of rotatable bonds is 8. The molecule has 1 saturated carbocycles. The van der Waals surface area contributed by atoms with Crippen LogP contribution in [0.5, 0.6) is 5.75 Å². The molecule has 5 rings (SSSR count). The van der Waals surface area contributed by atoms with Crippen LogP contribution in [0.15, 0.2) is 23.8 Å². The second-order valence-corrected chi connectivity index (χ2v) is 9.30. The third-order valence-corrected chi connectivity index (χ3v) is 7.05. The molecule has 0 N–H and O–H groups in total. The number of fused-ring (bicyclic) bond motifs is 3. The molecule has 3 fully saturated rings. The number of amides is 1. The fourth-order valence-corrected chi connectivity index (χ4v) is 5.22. The summed E-state index contributed by atoms with van der Waals surface area (Å²) < 4.78 is 38.3. The summed E-state index contributed by atoms with van der Waals surface area (Å²) in [5.74, 6) is -1.10. The smallest absolute Gasteiger partial charge is 0.265 e. The molecule has 1 aromatic rings. The lowest BCUT2D eigenvalue weighted by Crippen LogP contribution is -2.44. The van der Waals surface area contributed by atoms with Crippen molar-refractivity contribution in [1.82, 2.24) is 4.90 Å². The minimum atomic E-state index is -0.962. The van der Waals surface area contributed by atoms with Gasteiger partial charge in [-0.3, -0.25) is 9.69 Å². The van der Waals surface area contributed by atoms with Gasteiger partial charge in [0.05, 0.1) is 12.3 Å². The number of carbonyl (C=O) groups is 1. The number of piperidine rings is 1. The van der Waals surface area contributed by atoms with E-state index in [1.165, 1.54) is 36.2 Å². The largest absolute Gasteiger partial charge is 0.481 e. The second kappa shape index (κ2) is 8.87. The van der Waals surface area contributed by atoms with E-state index in [9.17, 15) is 13.6 Å². The molecule has 3 aliphatic heterocycles. The van der Waals surface area contributed by atoms with Crippen LogP contribution in [0.2, 0.25) is 0 Å². The molecule has 2 bridgehead atoms. The predicted molar refractivity (Wildman–Crippen MR) is 113 cm³/mol. The minimum absolute atomic E-state index is 0.135. The van der Waals surface area contributed by atoms with E-state index < -0.39 is 11.6 Å². The molecule has 2 atom stereocenters. The van der Waals surface area contributed by atoms with Gasteiger partial charge in [0.25, 0.3) is 5.91 Å². The molecule has 1 amide bonds. The summed E-state index contributed by atoms with van der Waals surface area (Å²) in [7, 11) is 0. The summed E-state index contributed by atoms with van der Waals surface area (Å²) in [5.41, 5.74) is 1.85. The quantitative estimate of drug-likeness (QED) is 0.459. The van der Waals surface area contributed by atoms with Crippen LogP contribution >= 0.6 is 0 Å². The Morgan fingerprint density at radius 1 is 1.06 bits per heavy atom. The summed E-state index contributed by atoms with van der Waals surface area (Å²) >= 11 is 0. The first-order chi connectivity index (χ1) is 15.1. The van der Waals surface area contributed by atoms with Crippen LogP contribution in [0.3, 0.4) is 0 Å². The monoisotopic (exact) mass is 432 g/mol. The van der Waals surface area contributed by atoms with Crippen molar-refractivity contribution in [3.8, 4) is 5.75 Å². The van der Waals surface area contributed by atoms with E-state index in [0.717, 1.165) is 57.1 Å². The Hall–Kier alpha value is -1.99. The first kappa shape index (κ1) is 20.9. The minimum Gasteiger partial charge on any atom is -0.481 e. The van der Waals surface area contributed by atoms with Gasteiger partial charge in [-0.25, -0.2) is 8.78 Å². The van der Waals surface area contributed by atoms with E-state index in [1.807, 2.05) is 0 Å². The highest BCUT2D eigenvalue weighted by Crippen LogP contribution is 2.39. The molecule has 4 aliphatic rings. The molecule has 1 aromatic carbocycles. The fraction of sp³-hybridized carbons (Fsp3) is 0.625. The lowest BCUT2D eigenvalue weighted by molar-refractivity contribution is -0.121. The molecule has 2 saturated heterocycles. The van der Waals surface area contributed by atoms with Gasteiger partial charge in [-0.1, -0.05) is 11.6 Å². The van der Waals surface area contributed by atoms with Crippen molar-refractivity contribution in [2.45, 2.75) is 57.0 Å². The van der Waals surface area contributed by atoms with Crippen molar-refractivity contribution < 1.29 is 23.0 Å². The van der Waals surface area contributed by atoms with Crippen LogP contribution < -0.4 is 9.64 Å². The molecule has 7 heteroatoms. The van der Waals surface area contributed by atoms with Gasteiger partial charge in [0, 0.05) is 43.9 Å². The third-order valence-electron chi connectivity index (χ3n) is 7.05. The van der Waals surface area contributed by atoms with Crippen LogP contribution in [-0.2, 0) is 9.53 Å². The predicted octanol–water partition coefficient (Wildman–Crippen LogP) is 4.06. The maximum atomic E-state index is 13.7. The SMILES string of the molecule is O=C1COc2cc(F)c(F)cc2N1CCCN1C2CCC1CC(=CCOCC1CC1)C2. The second-order valence-electron chi connectivity index (χ2n) is 9.30. The van der Waals surface area contributed by atoms with E-state index in [-0.39, 0.29) is 18.3 Å². The number of halogens is 2. The van der Waals surface area contributed by atoms with Crippen molar-refractivity contribution in [3.63, 3.8) is 0 Å². The number of nitrogens with zero attached hydrogens (tertiary/aromatic N) is 2. The number of benzene rings is 1. The van der Waals surface area contributed by atoms with Crippen LogP contribution in [0.1, 0.15) is 44.9 Å². The lowest BCUT2D eigenvalue weighted by atomic mass is 9.96. The molecule has 0 aromatic heterocycles. The van der Waals surface area contributed by atoms with Crippen LogP contribution in [-0.4, -0.2) is 55.8 Å². The van der Waals surface area contributed by atoms with Crippen molar-refractivity contribution >= 4 is 11.6 Å². The Kier molecular flexibility index (Phi) is 5.97. The van der Waals surface area contributed by atoms with Gasteiger partial charge in [0.15, 0.2) is 18.2 Å². The molecule has 3 heterocycles. The Morgan fingerprint density at radius 3 is 2.55 bits per heavy atom. The molecule has 31 heavy (non-hydrogen) atoms. The average molecular weight is 433 g/mol. The van der Waals surface area contributed by atoms with Crippen molar-refractivity contribution in [1.29, 1.82) is 0 Å². The van der Waals surface area contributed by atoms with Crippen LogP contribution in [0.25, 0.3) is 0 Å². The molecule has 5 nitrogen and oxygen atoms in total. The molecule has 0 spiro atoms. The van der Waals surface area contributed by atoms with Gasteiger partial charge in [0.1, 0.15) is 5.75 Å². The maximum Gasteiger partial charge on any atom is 0.265 e. The zero-order valence-corrected chi connectivity index (χ0v) is 17.8. The highest BCUT2D eigenvalue weighted by atomic mass is 19.2. The molecular formula is C24H30F2N2O3. The van der Waals surface area contributed by atoms with Crippen LogP contribution in [0.4, 0.5) is 14.5 Å². The number of carbonyl (C=O) groups excluding carboxylic acids is 1. The summed E-state index contributed by atoms with van der Waals surface area (Å²) in [6.07, 6.45) is 10.4. The van der Waals surface area contributed by atoms with Crippen molar-refractivity contribution in [2.75, 3.05) is 37.8 Å². The van der Waals surface area contributed by atoms with E-state index in [2.05, 4.69) is 11.0 Å². The maximum absolute atomic E-state index is 13.7. The highest BCUT2D eigenvalue weighted by Gasteiger charge is 2.38. The molecule has 2 unspecified atom stereocenters. The number of hydrogen-bond acceptors (Lipinski definition) is 4. The van der Waals surface area contributed by atoms with E-state index in [0.29, 0.717) is 24.3 Å². The van der Waals surface area contributed by atoms with E-state index in [4.69, 9.17) is 9.47 Å². The van der Waals surface area contributed by atoms with E-state index >= 15 is 0 Å². The Bertz CT molecular complexity index is 855. The lowest BCUT2D eigenvalue weighted by Gasteiger charge is -2.37. The summed E-state index contributed by atoms with van der Waals surface area (Å²) in [4.78, 5) is 16.5. The van der Waals surface area contributed by atoms with Gasteiger partial charge >= 0.3 is 0 Å². The van der Waals surface area contributed by atoms with Gasteiger partial charge in [-0.05, 0) is 50.9 Å². The molecule has 0 radical (unpaired) electrons. The van der Waals surface area contributed by atoms with Gasteiger partial charge in [-0.2, -0.15) is 0 Å². The van der Waals surface area contributed by atoms with Gasteiger partial charge in [-0.15, -0.1) is 0 Å². The molecule has 1 aliphatic carbocycles. The Balaban J connectivity index is 1.14. The standard InChI is InChI=1S/C24H30F2N2O3/c25-20-12-22-23(13-21(20)26)31-15-24(29)28(22)8-1-7-27-18-4-5-19(27)11-17(10-18)6-9-30-14-16-2-3-16/h6,12-13,16,18-19H,1-5,7-11,14-15H2. The molecular weight excluding hydrogens is 402 g/mol. The first-order valence-electron chi connectivity index (χ1n) is 11.5. The zero-order chi connectivity index (χ0) is 21.4. The zero-order valence-electron chi connectivity index (χ0n) is 17.8. The van der Waals surface area contributed by atoms with Crippen LogP contribution in [0, 0.1) is 17.6 Å². The van der Waals surface area contributed by atoms with Crippen molar-refractivity contribution in [3.05, 3.63) is 35.4 Å². The Labute approximate surface area is 182 Å². The normalized spacial score (nSPS) is 25.5. The number of anilines is 1. The highest BCUT2D eigenvalue weighted by molar-refractivity contribution is 5.97. The van der Waals surface area contributed by atoms with E-state index in [1.54, 1.807) is 0 Å². The van der Waals surface area contributed by atoms with Gasteiger partial charge < -0.3 is 14.4 Å². The number of ether oxygens (including phenoxy) is 2. The Morgan fingerprint density at radius 2 is 1.81 bits per heavy atom. The van der Waals surface area contributed by atoms with Crippen molar-refractivity contribution in [2.24, 2.45) is 5.92 Å². The first-order valence-corrected chi connectivity index (χ1v) is 11.5. The number of hydrogen-bond donors (Lipinski definition) is 0. The summed E-state index contributed by atoms with van der Waals surface area (Å²) in [5, 5.41) is 0. The van der Waals surface area contributed by atoms with Gasteiger partial charge in [0.2, 0.25) is 0 Å².